The lowest BCUT2D eigenvalue weighted by Gasteiger charge is -2.34. The summed E-state index contributed by atoms with van der Waals surface area (Å²) in [6, 6.07) is 12.2. The highest BCUT2D eigenvalue weighted by Crippen LogP contribution is 2.47. The van der Waals surface area contributed by atoms with Gasteiger partial charge in [0.25, 0.3) is 0 Å². The van der Waals surface area contributed by atoms with E-state index in [0.29, 0.717) is 11.6 Å². The Bertz CT molecular complexity index is 1460. The molecular formula is C29H25F3O8. The van der Waals surface area contributed by atoms with Crippen LogP contribution in [0, 0.1) is 0 Å². The van der Waals surface area contributed by atoms with Crippen molar-refractivity contribution in [2.45, 2.75) is 38.5 Å². The first-order valence-electron chi connectivity index (χ1n) is 11.9. The number of halogens is 3. The molecule has 3 aromatic rings. The predicted octanol–water partition coefficient (Wildman–Crippen LogP) is 5.66. The van der Waals surface area contributed by atoms with Gasteiger partial charge in [-0.2, -0.15) is 13.2 Å². The Balaban J connectivity index is 2.08. The van der Waals surface area contributed by atoms with Crippen LogP contribution in [0.2, 0.25) is 0 Å². The zero-order valence-electron chi connectivity index (χ0n) is 21.7. The molecule has 0 fully saturated rings. The van der Waals surface area contributed by atoms with Crippen LogP contribution >= 0.6 is 0 Å². The zero-order chi connectivity index (χ0) is 29.8. The third-order valence-corrected chi connectivity index (χ3v) is 6.65. The van der Waals surface area contributed by atoms with Crippen LogP contribution in [0.5, 0.6) is 0 Å². The first-order valence-corrected chi connectivity index (χ1v) is 11.9. The lowest BCUT2D eigenvalue weighted by Crippen LogP contribution is -2.41. The molecule has 11 heteroatoms. The fraction of sp³-hybridized carbons (Fsp3) is 0.241. The van der Waals surface area contributed by atoms with Gasteiger partial charge in [0.1, 0.15) is 12.0 Å². The van der Waals surface area contributed by atoms with E-state index in [0.717, 1.165) is 56.3 Å². The summed E-state index contributed by atoms with van der Waals surface area (Å²) < 4.78 is 53.6. The topological polar surface area (TPSA) is 127 Å². The van der Waals surface area contributed by atoms with Crippen molar-refractivity contribution in [3.8, 4) is 0 Å². The van der Waals surface area contributed by atoms with E-state index < -0.39 is 68.8 Å². The van der Waals surface area contributed by atoms with Gasteiger partial charge >= 0.3 is 30.1 Å². The number of carbonyl (C=O) groups is 4. The standard InChI is InChI=1S/C29H25F3O8/c1-4-16-5-7-17(8-6-16)15-40-27(38)21-12-10-18(13-22(21)25(35)36)28(2,29(30,31)32)19-9-11-20(24(33)34)23(14-19)26(37)39-3/h5-14H,4,15H2,1-3H3,(H,33,34)(H,35,36). The van der Waals surface area contributed by atoms with Crippen molar-refractivity contribution in [2.75, 3.05) is 7.11 Å². The number of hydrogen-bond donors (Lipinski definition) is 2. The van der Waals surface area contributed by atoms with Crippen LogP contribution in [-0.4, -0.2) is 47.4 Å². The van der Waals surface area contributed by atoms with Crippen molar-refractivity contribution in [2.24, 2.45) is 0 Å². The smallest absolute Gasteiger partial charge is 0.402 e. The number of carbonyl (C=O) groups excluding carboxylic acids is 2. The van der Waals surface area contributed by atoms with E-state index >= 15 is 0 Å². The molecular weight excluding hydrogens is 533 g/mol. The minimum absolute atomic E-state index is 0.184. The number of carboxylic acids is 2. The van der Waals surface area contributed by atoms with Crippen LogP contribution < -0.4 is 0 Å². The van der Waals surface area contributed by atoms with Gasteiger partial charge in [-0.25, -0.2) is 19.2 Å². The summed E-state index contributed by atoms with van der Waals surface area (Å²) >= 11 is 0. The number of hydrogen-bond acceptors (Lipinski definition) is 6. The van der Waals surface area contributed by atoms with Crippen molar-refractivity contribution < 1.29 is 52.0 Å². The summed E-state index contributed by atoms with van der Waals surface area (Å²) in [6.07, 6.45) is -4.24. The molecule has 0 amide bonds. The number of esters is 2. The molecule has 210 valence electrons. The van der Waals surface area contributed by atoms with Crippen molar-refractivity contribution >= 4 is 23.9 Å². The number of rotatable bonds is 9. The molecule has 0 spiro atoms. The summed E-state index contributed by atoms with van der Waals surface area (Å²) in [5.74, 6) is -5.44. The van der Waals surface area contributed by atoms with Crippen molar-refractivity contribution in [3.05, 3.63) is 105 Å². The van der Waals surface area contributed by atoms with Gasteiger partial charge in [-0.05, 0) is 59.9 Å². The lowest BCUT2D eigenvalue weighted by atomic mass is 9.74. The van der Waals surface area contributed by atoms with Crippen LogP contribution in [0.1, 0.15) is 77.5 Å². The molecule has 0 radical (unpaired) electrons. The second kappa shape index (κ2) is 11.6. The summed E-state index contributed by atoms with van der Waals surface area (Å²) in [5, 5.41) is 19.1. The first-order chi connectivity index (χ1) is 18.7. The second-order valence-corrected chi connectivity index (χ2v) is 8.99. The number of alkyl halides is 3. The summed E-state index contributed by atoms with van der Waals surface area (Å²) in [6.45, 7) is 2.54. The zero-order valence-corrected chi connectivity index (χ0v) is 21.7. The number of benzene rings is 3. The lowest BCUT2D eigenvalue weighted by molar-refractivity contribution is -0.173. The molecule has 2 N–H and O–H groups in total. The summed E-state index contributed by atoms with van der Waals surface area (Å²) in [7, 11) is 0.945. The van der Waals surface area contributed by atoms with E-state index in [2.05, 4.69) is 4.74 Å². The molecule has 0 saturated carbocycles. The summed E-state index contributed by atoms with van der Waals surface area (Å²) in [4.78, 5) is 48.4. The molecule has 1 atom stereocenters. The minimum Gasteiger partial charge on any atom is -0.478 e. The van der Waals surface area contributed by atoms with Crippen LogP contribution in [0.15, 0.2) is 60.7 Å². The van der Waals surface area contributed by atoms with Gasteiger partial charge in [0.05, 0.1) is 29.4 Å². The Labute approximate surface area is 227 Å². The molecule has 40 heavy (non-hydrogen) atoms. The first kappa shape index (κ1) is 29.9. The molecule has 3 aromatic carbocycles. The molecule has 3 rings (SSSR count). The van der Waals surface area contributed by atoms with Crippen LogP contribution in [0.25, 0.3) is 0 Å². The highest BCUT2D eigenvalue weighted by Gasteiger charge is 2.54. The Morgan fingerprint density at radius 3 is 1.70 bits per heavy atom. The van der Waals surface area contributed by atoms with Gasteiger partial charge in [-0.3, -0.25) is 0 Å². The maximum Gasteiger partial charge on any atom is 0.402 e. The molecule has 0 heterocycles. The number of carboxylic acid groups (broad SMARTS) is 2. The summed E-state index contributed by atoms with van der Waals surface area (Å²) in [5.41, 5.74) is -4.71. The van der Waals surface area contributed by atoms with Gasteiger partial charge in [-0.1, -0.05) is 43.3 Å². The van der Waals surface area contributed by atoms with E-state index in [4.69, 9.17) is 4.74 Å². The van der Waals surface area contributed by atoms with Crippen LogP contribution in [0.3, 0.4) is 0 Å². The average Bonchev–Trinajstić information content (AvgIpc) is 2.93. The Hall–Kier alpha value is -4.67. The normalized spacial score (nSPS) is 12.8. The van der Waals surface area contributed by atoms with E-state index in [1.54, 1.807) is 12.1 Å². The molecule has 1 unspecified atom stereocenters. The molecule has 0 saturated heterocycles. The van der Waals surface area contributed by atoms with Crippen LogP contribution in [-0.2, 0) is 27.9 Å². The van der Waals surface area contributed by atoms with Gasteiger partial charge in [0.15, 0.2) is 0 Å². The Kier molecular flexibility index (Phi) is 8.67. The van der Waals surface area contributed by atoms with Crippen molar-refractivity contribution in [1.29, 1.82) is 0 Å². The van der Waals surface area contributed by atoms with E-state index in [-0.39, 0.29) is 6.61 Å². The predicted molar refractivity (Wildman–Crippen MR) is 136 cm³/mol. The van der Waals surface area contributed by atoms with Gasteiger partial charge < -0.3 is 19.7 Å². The number of methoxy groups -OCH3 is 1. The quantitative estimate of drug-likeness (QED) is 0.322. The monoisotopic (exact) mass is 558 g/mol. The second-order valence-electron chi connectivity index (χ2n) is 8.99. The van der Waals surface area contributed by atoms with E-state index in [9.17, 15) is 42.6 Å². The van der Waals surface area contributed by atoms with E-state index in [1.165, 1.54) is 0 Å². The number of ether oxygens (including phenoxy) is 2. The van der Waals surface area contributed by atoms with Crippen LogP contribution in [0.4, 0.5) is 13.2 Å². The highest BCUT2D eigenvalue weighted by molar-refractivity contribution is 6.03. The Morgan fingerprint density at radius 1 is 0.725 bits per heavy atom. The Morgan fingerprint density at radius 2 is 1.23 bits per heavy atom. The fourth-order valence-corrected chi connectivity index (χ4v) is 4.12. The molecule has 0 aliphatic rings. The van der Waals surface area contributed by atoms with Crippen molar-refractivity contribution in [3.63, 3.8) is 0 Å². The number of aromatic carboxylic acids is 2. The van der Waals surface area contributed by atoms with Crippen molar-refractivity contribution in [1.82, 2.24) is 0 Å². The molecule has 0 aliphatic heterocycles. The SMILES string of the molecule is CCc1ccc(COC(=O)c2ccc(C(C)(c3ccc(C(=O)O)c(C(=O)OC)c3)C(F)(F)F)cc2C(=O)O)cc1. The minimum atomic E-state index is -5.05. The highest BCUT2D eigenvalue weighted by atomic mass is 19.4. The maximum absolute atomic E-state index is 14.6. The molecule has 8 nitrogen and oxygen atoms in total. The van der Waals surface area contributed by atoms with Gasteiger partial charge in [0, 0.05) is 0 Å². The van der Waals surface area contributed by atoms with E-state index in [1.807, 2.05) is 19.1 Å². The molecule has 0 aliphatic carbocycles. The van der Waals surface area contributed by atoms with Gasteiger partial charge in [-0.15, -0.1) is 0 Å². The third kappa shape index (κ3) is 5.83. The largest absolute Gasteiger partial charge is 0.478 e. The number of aryl methyl sites for hydroxylation is 1. The maximum atomic E-state index is 14.6. The van der Waals surface area contributed by atoms with Gasteiger partial charge in [0.2, 0.25) is 0 Å². The molecule has 0 bridgehead atoms. The third-order valence-electron chi connectivity index (χ3n) is 6.65. The average molecular weight is 559 g/mol. The molecule has 0 aromatic heterocycles. The fourth-order valence-electron chi connectivity index (χ4n) is 4.12.